The van der Waals surface area contributed by atoms with Crippen LogP contribution in [0.4, 0.5) is 0 Å². The van der Waals surface area contributed by atoms with Gasteiger partial charge in [-0.2, -0.15) is 0 Å². The lowest BCUT2D eigenvalue weighted by Gasteiger charge is -2.18. The molecule has 0 radical (unpaired) electrons. The van der Waals surface area contributed by atoms with Crippen LogP contribution >= 0.6 is 0 Å². The highest BCUT2D eigenvalue weighted by atomic mass is 16.5. The zero-order chi connectivity index (χ0) is 12.3. The predicted octanol–water partition coefficient (Wildman–Crippen LogP) is 1.81. The van der Waals surface area contributed by atoms with Crippen LogP contribution < -0.4 is 5.32 Å². The molecular weight excluding hydrogens is 208 g/mol. The van der Waals surface area contributed by atoms with E-state index in [4.69, 9.17) is 9.63 Å². The van der Waals surface area contributed by atoms with Gasteiger partial charge in [-0.1, -0.05) is 5.16 Å². The van der Waals surface area contributed by atoms with E-state index in [1.807, 2.05) is 27.7 Å². The third-order valence-corrected chi connectivity index (χ3v) is 2.54. The van der Waals surface area contributed by atoms with E-state index in [0.717, 1.165) is 17.0 Å². The second-order valence-corrected chi connectivity index (χ2v) is 4.13. The number of nitrogens with zero attached hydrogens (tertiary/aromatic N) is 1. The fourth-order valence-electron chi connectivity index (χ4n) is 1.94. The molecule has 90 valence electrons. The first-order chi connectivity index (χ1) is 7.41. The second-order valence-electron chi connectivity index (χ2n) is 4.13. The molecule has 0 aromatic carbocycles. The van der Waals surface area contributed by atoms with Crippen LogP contribution in [0, 0.1) is 13.8 Å². The number of hydrogen-bond donors (Lipinski definition) is 2. The predicted molar refractivity (Wildman–Crippen MR) is 59.2 cm³/mol. The van der Waals surface area contributed by atoms with Gasteiger partial charge in [0, 0.05) is 17.6 Å². The van der Waals surface area contributed by atoms with E-state index in [-0.39, 0.29) is 18.5 Å². The van der Waals surface area contributed by atoms with Gasteiger partial charge in [0.15, 0.2) is 0 Å². The van der Waals surface area contributed by atoms with Gasteiger partial charge >= 0.3 is 5.97 Å². The van der Waals surface area contributed by atoms with Crippen LogP contribution in [0.25, 0.3) is 0 Å². The highest BCUT2D eigenvalue weighted by Gasteiger charge is 2.18. The number of aryl methyl sites for hydroxylation is 2. The van der Waals surface area contributed by atoms with E-state index >= 15 is 0 Å². The first-order valence-electron chi connectivity index (χ1n) is 5.32. The van der Waals surface area contributed by atoms with Crippen molar-refractivity contribution >= 4 is 5.97 Å². The van der Waals surface area contributed by atoms with Crippen molar-refractivity contribution in [1.82, 2.24) is 10.5 Å². The Hall–Kier alpha value is -1.36. The summed E-state index contributed by atoms with van der Waals surface area (Å²) in [7, 11) is 0. The van der Waals surface area contributed by atoms with E-state index in [9.17, 15) is 4.79 Å². The van der Waals surface area contributed by atoms with Crippen molar-refractivity contribution in [2.24, 2.45) is 0 Å². The van der Waals surface area contributed by atoms with Gasteiger partial charge in [0.2, 0.25) is 0 Å². The number of aromatic nitrogens is 1. The van der Waals surface area contributed by atoms with Gasteiger partial charge in [0.05, 0.1) is 12.1 Å². The lowest BCUT2D eigenvalue weighted by Crippen LogP contribution is -2.31. The average Bonchev–Trinajstić information content (AvgIpc) is 2.44. The van der Waals surface area contributed by atoms with Crippen molar-refractivity contribution in [2.45, 2.75) is 46.2 Å². The molecule has 0 saturated heterocycles. The standard InChI is InChI=1S/C11H18N2O3/c1-6(5-10(14)15)12-7(2)11-8(3)13-16-9(11)4/h6-7,12H,5H2,1-4H3,(H,14,15). The fourth-order valence-corrected chi connectivity index (χ4v) is 1.94. The van der Waals surface area contributed by atoms with Gasteiger partial charge < -0.3 is 14.9 Å². The summed E-state index contributed by atoms with van der Waals surface area (Å²) in [5.41, 5.74) is 1.86. The Morgan fingerprint density at radius 2 is 2.12 bits per heavy atom. The lowest BCUT2D eigenvalue weighted by atomic mass is 10.1. The fraction of sp³-hybridized carbons (Fsp3) is 0.636. The van der Waals surface area contributed by atoms with Crippen LogP contribution in [-0.2, 0) is 4.79 Å². The Kier molecular flexibility index (Phi) is 4.06. The number of carbonyl (C=O) groups is 1. The third-order valence-electron chi connectivity index (χ3n) is 2.54. The molecule has 0 bridgehead atoms. The highest BCUT2D eigenvalue weighted by Crippen LogP contribution is 2.21. The largest absolute Gasteiger partial charge is 0.481 e. The summed E-state index contributed by atoms with van der Waals surface area (Å²) >= 11 is 0. The lowest BCUT2D eigenvalue weighted by molar-refractivity contribution is -0.137. The first-order valence-corrected chi connectivity index (χ1v) is 5.32. The van der Waals surface area contributed by atoms with E-state index in [1.165, 1.54) is 0 Å². The number of aliphatic carboxylic acids is 1. The molecule has 1 aromatic rings. The minimum absolute atomic E-state index is 0.0422. The second kappa shape index (κ2) is 5.12. The summed E-state index contributed by atoms with van der Waals surface area (Å²) in [4.78, 5) is 10.5. The number of carboxylic acids is 1. The van der Waals surface area contributed by atoms with E-state index < -0.39 is 5.97 Å². The third kappa shape index (κ3) is 3.06. The van der Waals surface area contributed by atoms with Crippen LogP contribution in [0.15, 0.2) is 4.52 Å². The SMILES string of the molecule is Cc1noc(C)c1C(C)NC(C)CC(=O)O. The van der Waals surface area contributed by atoms with Gasteiger partial charge in [0.25, 0.3) is 0 Å². The Morgan fingerprint density at radius 3 is 2.56 bits per heavy atom. The smallest absolute Gasteiger partial charge is 0.304 e. The molecule has 0 aliphatic heterocycles. The Morgan fingerprint density at radius 1 is 1.50 bits per heavy atom. The molecule has 0 fully saturated rings. The molecule has 1 heterocycles. The van der Waals surface area contributed by atoms with Crippen molar-refractivity contribution in [3.63, 3.8) is 0 Å². The molecule has 1 rings (SSSR count). The molecule has 0 aliphatic carbocycles. The molecule has 0 saturated carbocycles. The maximum atomic E-state index is 10.5. The molecule has 5 nitrogen and oxygen atoms in total. The number of carboxylic acid groups (broad SMARTS) is 1. The quantitative estimate of drug-likeness (QED) is 0.800. The van der Waals surface area contributed by atoms with Gasteiger partial charge in [-0.25, -0.2) is 0 Å². The van der Waals surface area contributed by atoms with E-state index in [1.54, 1.807) is 0 Å². The Bertz CT molecular complexity index is 354. The van der Waals surface area contributed by atoms with Crippen molar-refractivity contribution < 1.29 is 14.4 Å². The molecule has 2 N–H and O–H groups in total. The normalized spacial score (nSPS) is 14.8. The molecule has 2 unspecified atom stereocenters. The summed E-state index contributed by atoms with van der Waals surface area (Å²) in [6.07, 6.45) is 0.105. The highest BCUT2D eigenvalue weighted by molar-refractivity contribution is 5.67. The molecule has 1 aromatic heterocycles. The first kappa shape index (κ1) is 12.7. The van der Waals surface area contributed by atoms with Crippen molar-refractivity contribution in [1.29, 1.82) is 0 Å². The van der Waals surface area contributed by atoms with E-state index in [2.05, 4.69) is 10.5 Å². The minimum Gasteiger partial charge on any atom is -0.481 e. The maximum absolute atomic E-state index is 10.5. The van der Waals surface area contributed by atoms with Crippen molar-refractivity contribution in [3.05, 3.63) is 17.0 Å². The number of rotatable bonds is 5. The van der Waals surface area contributed by atoms with Gasteiger partial charge in [-0.15, -0.1) is 0 Å². The van der Waals surface area contributed by atoms with E-state index in [0.29, 0.717) is 0 Å². The van der Waals surface area contributed by atoms with Crippen LogP contribution in [0.1, 0.15) is 43.3 Å². The molecule has 0 spiro atoms. The van der Waals surface area contributed by atoms with Crippen LogP contribution in [-0.4, -0.2) is 22.3 Å². The van der Waals surface area contributed by atoms with Crippen LogP contribution in [0.3, 0.4) is 0 Å². The summed E-state index contributed by atoms with van der Waals surface area (Å²) < 4.78 is 5.07. The molecule has 16 heavy (non-hydrogen) atoms. The Balaban J connectivity index is 2.65. The summed E-state index contributed by atoms with van der Waals surface area (Å²) in [6.45, 7) is 7.56. The topological polar surface area (TPSA) is 75.4 Å². The number of nitrogens with one attached hydrogen (secondary N) is 1. The van der Waals surface area contributed by atoms with Gasteiger partial charge in [-0.05, 0) is 27.7 Å². The van der Waals surface area contributed by atoms with Crippen molar-refractivity contribution in [3.8, 4) is 0 Å². The zero-order valence-electron chi connectivity index (χ0n) is 10.1. The molecule has 0 amide bonds. The molecule has 5 heteroatoms. The van der Waals surface area contributed by atoms with Gasteiger partial charge in [-0.3, -0.25) is 4.79 Å². The maximum Gasteiger partial charge on any atom is 0.304 e. The summed E-state index contributed by atoms with van der Waals surface area (Å²) in [5, 5.41) is 15.8. The molecular formula is C11H18N2O3. The van der Waals surface area contributed by atoms with Gasteiger partial charge in [0.1, 0.15) is 5.76 Å². The Labute approximate surface area is 94.8 Å². The van der Waals surface area contributed by atoms with Crippen LogP contribution in [0.5, 0.6) is 0 Å². The van der Waals surface area contributed by atoms with Crippen molar-refractivity contribution in [2.75, 3.05) is 0 Å². The number of hydrogen-bond acceptors (Lipinski definition) is 4. The average molecular weight is 226 g/mol. The minimum atomic E-state index is -0.800. The molecule has 0 aliphatic rings. The summed E-state index contributed by atoms with van der Waals surface area (Å²) in [6, 6.07) is -0.0400. The summed E-state index contributed by atoms with van der Waals surface area (Å²) in [5.74, 6) is -0.0222. The molecule has 2 atom stereocenters. The zero-order valence-corrected chi connectivity index (χ0v) is 10.1. The van der Waals surface area contributed by atoms with Crippen LogP contribution in [0.2, 0.25) is 0 Å². The monoisotopic (exact) mass is 226 g/mol.